The number of amides is 2. The fourth-order valence-corrected chi connectivity index (χ4v) is 6.70. The van der Waals surface area contributed by atoms with Crippen LogP contribution in [0.5, 0.6) is 0 Å². The Labute approximate surface area is 261 Å². The quantitative estimate of drug-likeness (QED) is 0.233. The predicted octanol–water partition coefficient (Wildman–Crippen LogP) is 6.15. The zero-order valence-electron chi connectivity index (χ0n) is 25.0. The molecule has 0 saturated heterocycles. The maximum Gasteiger partial charge on any atom is 0.243 e. The monoisotopic (exact) mass is 623 g/mol. The summed E-state index contributed by atoms with van der Waals surface area (Å²) in [5, 5.41) is 3.80. The van der Waals surface area contributed by atoms with Gasteiger partial charge >= 0.3 is 0 Å². The Morgan fingerprint density at radius 1 is 0.907 bits per heavy atom. The molecule has 0 bridgehead atoms. The molecule has 2 amide bonds. The van der Waals surface area contributed by atoms with Crippen LogP contribution in [0.15, 0.2) is 78.9 Å². The summed E-state index contributed by atoms with van der Waals surface area (Å²) in [6, 6.07) is 23.8. The highest BCUT2D eigenvalue weighted by molar-refractivity contribution is 7.92. The number of halogens is 1. The molecule has 230 valence electrons. The molecule has 1 aliphatic rings. The number of carbonyl (C=O) groups is 2. The van der Waals surface area contributed by atoms with Gasteiger partial charge in [-0.2, -0.15) is 0 Å². The number of sulfonamides is 1. The summed E-state index contributed by atoms with van der Waals surface area (Å²) in [5.41, 5.74) is 3.51. The molecule has 1 N–H and O–H groups in total. The first-order valence-corrected chi connectivity index (χ1v) is 17.3. The van der Waals surface area contributed by atoms with E-state index in [2.05, 4.69) is 5.32 Å². The number of nitrogens with zero attached hydrogens (tertiary/aromatic N) is 2. The molecule has 0 heterocycles. The van der Waals surface area contributed by atoms with Crippen LogP contribution in [0.3, 0.4) is 0 Å². The molecule has 0 unspecified atom stereocenters. The van der Waals surface area contributed by atoms with Crippen molar-refractivity contribution in [2.45, 2.75) is 76.9 Å². The Morgan fingerprint density at radius 3 is 2.14 bits per heavy atom. The molecule has 4 rings (SSSR count). The number of hydrogen-bond donors (Lipinski definition) is 1. The second-order valence-corrected chi connectivity index (χ2v) is 13.6. The van der Waals surface area contributed by atoms with Crippen LogP contribution >= 0.6 is 11.6 Å². The van der Waals surface area contributed by atoms with Crippen LogP contribution in [0, 0.1) is 0 Å². The van der Waals surface area contributed by atoms with Gasteiger partial charge in [0.15, 0.2) is 0 Å². The van der Waals surface area contributed by atoms with Gasteiger partial charge in [0.2, 0.25) is 21.8 Å². The number of aryl methyl sites for hydroxylation is 1. The van der Waals surface area contributed by atoms with Gasteiger partial charge in [0.05, 0.1) is 11.9 Å². The molecular formula is C34H42ClN3O4S. The van der Waals surface area contributed by atoms with Gasteiger partial charge in [0.25, 0.3) is 0 Å². The van der Waals surface area contributed by atoms with Gasteiger partial charge < -0.3 is 10.2 Å². The molecule has 1 atom stereocenters. The van der Waals surface area contributed by atoms with Gasteiger partial charge in [0, 0.05) is 37.0 Å². The molecule has 1 fully saturated rings. The lowest BCUT2D eigenvalue weighted by molar-refractivity contribution is -0.141. The van der Waals surface area contributed by atoms with E-state index in [4.69, 9.17) is 11.6 Å². The van der Waals surface area contributed by atoms with Crippen LogP contribution in [0.1, 0.15) is 62.1 Å². The standard InChI is InChI=1S/C34H42ClN3O4S/c1-3-26-17-21-31(22-18-26)38(43(2,41)42)23-9-14-33(39)37(25-28-15-19-29(35)20-16-28)32(24-27-10-5-4-6-11-27)34(40)36-30-12-7-8-13-30/h4-6,10-11,15-22,30,32H,3,7-9,12-14,23-25H2,1-2H3,(H,36,40)/t32-/m0/s1. The minimum atomic E-state index is -3.56. The molecule has 0 aromatic heterocycles. The highest BCUT2D eigenvalue weighted by atomic mass is 35.5. The predicted molar refractivity (Wildman–Crippen MR) is 174 cm³/mol. The number of benzene rings is 3. The normalized spacial score (nSPS) is 14.3. The van der Waals surface area contributed by atoms with Crippen molar-refractivity contribution in [1.29, 1.82) is 0 Å². The van der Waals surface area contributed by atoms with Crippen molar-refractivity contribution in [3.05, 3.63) is 101 Å². The molecule has 1 saturated carbocycles. The zero-order chi connectivity index (χ0) is 30.8. The molecule has 0 spiro atoms. The first-order chi connectivity index (χ1) is 20.6. The summed E-state index contributed by atoms with van der Waals surface area (Å²) in [5.74, 6) is -0.362. The smallest absolute Gasteiger partial charge is 0.243 e. The largest absolute Gasteiger partial charge is 0.352 e. The highest BCUT2D eigenvalue weighted by Crippen LogP contribution is 2.23. The number of hydrogen-bond acceptors (Lipinski definition) is 4. The Bertz CT molecular complexity index is 1440. The molecule has 3 aromatic rings. The van der Waals surface area contributed by atoms with Crippen molar-refractivity contribution >= 4 is 39.1 Å². The van der Waals surface area contributed by atoms with Crippen molar-refractivity contribution in [3.8, 4) is 0 Å². The lowest BCUT2D eigenvalue weighted by Crippen LogP contribution is -2.52. The Hall–Kier alpha value is -3.36. The lowest BCUT2D eigenvalue weighted by Gasteiger charge is -2.33. The highest BCUT2D eigenvalue weighted by Gasteiger charge is 2.32. The minimum absolute atomic E-state index is 0.0919. The topological polar surface area (TPSA) is 86.8 Å². The van der Waals surface area contributed by atoms with E-state index in [9.17, 15) is 18.0 Å². The van der Waals surface area contributed by atoms with Crippen molar-refractivity contribution in [3.63, 3.8) is 0 Å². The van der Waals surface area contributed by atoms with E-state index < -0.39 is 16.1 Å². The third kappa shape index (κ3) is 9.57. The molecule has 9 heteroatoms. The summed E-state index contributed by atoms with van der Waals surface area (Å²) in [6.07, 6.45) is 6.85. The maximum atomic E-state index is 14.0. The zero-order valence-corrected chi connectivity index (χ0v) is 26.6. The average molecular weight is 624 g/mol. The van der Waals surface area contributed by atoms with E-state index in [1.807, 2.05) is 61.5 Å². The van der Waals surface area contributed by atoms with Crippen LogP contribution in [0.2, 0.25) is 5.02 Å². The van der Waals surface area contributed by atoms with Crippen LogP contribution in [-0.4, -0.2) is 50.0 Å². The third-order valence-corrected chi connectivity index (χ3v) is 9.47. The van der Waals surface area contributed by atoms with E-state index >= 15 is 0 Å². The van der Waals surface area contributed by atoms with Crippen molar-refractivity contribution in [1.82, 2.24) is 10.2 Å². The summed E-state index contributed by atoms with van der Waals surface area (Å²) >= 11 is 6.13. The molecule has 43 heavy (non-hydrogen) atoms. The van der Waals surface area contributed by atoms with Crippen LogP contribution < -0.4 is 9.62 Å². The fourth-order valence-electron chi connectivity index (χ4n) is 5.61. The van der Waals surface area contributed by atoms with E-state index in [0.717, 1.165) is 48.8 Å². The second-order valence-electron chi connectivity index (χ2n) is 11.3. The van der Waals surface area contributed by atoms with Crippen LogP contribution in [0.4, 0.5) is 5.69 Å². The molecular weight excluding hydrogens is 582 g/mol. The molecule has 3 aromatic carbocycles. The second kappa shape index (κ2) is 15.4. The maximum absolute atomic E-state index is 14.0. The van der Waals surface area contributed by atoms with Crippen LogP contribution in [0.25, 0.3) is 0 Å². The number of rotatable bonds is 14. The van der Waals surface area contributed by atoms with Crippen molar-refractivity contribution in [2.24, 2.45) is 0 Å². The number of carbonyl (C=O) groups excluding carboxylic acids is 2. The van der Waals surface area contributed by atoms with Crippen molar-refractivity contribution < 1.29 is 18.0 Å². The van der Waals surface area contributed by atoms with Gasteiger partial charge in [-0.25, -0.2) is 8.42 Å². The van der Waals surface area contributed by atoms with Gasteiger partial charge in [-0.15, -0.1) is 0 Å². The summed E-state index contributed by atoms with van der Waals surface area (Å²) in [6.45, 7) is 2.44. The molecule has 7 nitrogen and oxygen atoms in total. The van der Waals surface area contributed by atoms with E-state index in [-0.39, 0.29) is 37.4 Å². The first kappa shape index (κ1) is 32.6. The van der Waals surface area contributed by atoms with Gasteiger partial charge in [0.1, 0.15) is 6.04 Å². The minimum Gasteiger partial charge on any atom is -0.352 e. The van der Waals surface area contributed by atoms with Gasteiger partial charge in [-0.05, 0) is 66.6 Å². The Morgan fingerprint density at radius 2 is 1.53 bits per heavy atom. The molecule has 1 aliphatic carbocycles. The summed E-state index contributed by atoms with van der Waals surface area (Å²) < 4.78 is 26.7. The Kier molecular flexibility index (Phi) is 11.7. The van der Waals surface area contributed by atoms with Gasteiger partial charge in [-0.3, -0.25) is 13.9 Å². The number of nitrogens with one attached hydrogen (secondary N) is 1. The average Bonchev–Trinajstić information content (AvgIpc) is 3.51. The molecule has 0 aliphatic heterocycles. The van der Waals surface area contributed by atoms with E-state index in [1.165, 1.54) is 10.6 Å². The SMILES string of the molecule is CCc1ccc(N(CCCC(=O)N(Cc2ccc(Cl)cc2)[C@@H](Cc2ccccc2)C(=O)NC2CCCC2)S(C)(=O)=O)cc1. The summed E-state index contributed by atoms with van der Waals surface area (Å²) in [7, 11) is -3.56. The summed E-state index contributed by atoms with van der Waals surface area (Å²) in [4.78, 5) is 29.5. The first-order valence-electron chi connectivity index (χ1n) is 15.1. The Balaban J connectivity index is 1.57. The van der Waals surface area contributed by atoms with Crippen molar-refractivity contribution in [2.75, 3.05) is 17.1 Å². The molecule has 0 radical (unpaired) electrons. The van der Waals surface area contributed by atoms with Crippen LogP contribution in [-0.2, 0) is 39.0 Å². The number of anilines is 1. The lowest BCUT2D eigenvalue weighted by atomic mass is 10.0. The van der Waals surface area contributed by atoms with Gasteiger partial charge in [-0.1, -0.05) is 86.0 Å². The van der Waals surface area contributed by atoms with E-state index in [1.54, 1.807) is 29.2 Å². The third-order valence-electron chi connectivity index (χ3n) is 8.02. The van der Waals surface area contributed by atoms with E-state index in [0.29, 0.717) is 23.6 Å². The fraction of sp³-hybridized carbons (Fsp3) is 0.412.